The molecular formula is C96H67N3. The molecule has 0 saturated carbocycles. The molecule has 0 atom stereocenters. The lowest BCUT2D eigenvalue weighted by atomic mass is 9.79. The van der Waals surface area contributed by atoms with Gasteiger partial charge in [0.2, 0.25) is 0 Å². The molecule has 0 amide bonds. The first-order chi connectivity index (χ1) is 49.1. The average Bonchev–Trinajstić information content (AvgIpc) is 0.706. The molecule has 0 heterocycles. The van der Waals surface area contributed by atoms with Crippen LogP contribution in [0, 0.1) is 0 Å². The molecule has 0 aliphatic heterocycles. The molecule has 18 rings (SSSR count). The number of para-hydroxylation sites is 4. The SMILES string of the molecule is C1=C(c2cc(-c3ccccc3)c(-c3ccc(N(c4ccccc4)c4cccc5ccccc45)cc3)c3c4ccc(-c5cccc6ccccc56)cc4c4cc(-c5ccc(N(c6ccccc6)c6ccccc6)cc5)ccc4c23)CCC(N(c2ccccc2)c2cccc3ccccc23)=C1. The van der Waals surface area contributed by atoms with Gasteiger partial charge in [0.25, 0.3) is 0 Å². The van der Waals surface area contributed by atoms with E-state index in [1.54, 1.807) is 0 Å². The third-order valence-corrected chi connectivity index (χ3v) is 20.1. The molecule has 0 unspecified atom stereocenters. The molecule has 0 radical (unpaired) electrons. The molecule has 1 aliphatic carbocycles. The van der Waals surface area contributed by atoms with Gasteiger partial charge < -0.3 is 14.7 Å². The quantitative estimate of drug-likeness (QED) is 0.100. The second-order valence-corrected chi connectivity index (χ2v) is 25.8. The summed E-state index contributed by atoms with van der Waals surface area (Å²) in [6.07, 6.45) is 6.50. The normalized spacial score (nSPS) is 12.3. The van der Waals surface area contributed by atoms with Crippen LogP contribution in [0.15, 0.2) is 388 Å². The molecule has 466 valence electrons. The van der Waals surface area contributed by atoms with Crippen molar-refractivity contribution in [1.82, 2.24) is 0 Å². The first kappa shape index (κ1) is 58.7. The van der Waals surface area contributed by atoms with E-state index >= 15 is 0 Å². The fourth-order valence-corrected chi connectivity index (χ4v) is 15.5. The highest BCUT2D eigenvalue weighted by Crippen LogP contribution is 2.52. The largest absolute Gasteiger partial charge is 0.314 e. The van der Waals surface area contributed by atoms with E-state index in [0.717, 1.165) is 74.9 Å². The number of nitrogens with zero attached hydrogens (tertiary/aromatic N) is 3. The van der Waals surface area contributed by atoms with Gasteiger partial charge >= 0.3 is 0 Å². The second kappa shape index (κ2) is 25.4. The molecular weight excluding hydrogens is 1200 g/mol. The summed E-state index contributed by atoms with van der Waals surface area (Å²) in [6.45, 7) is 0. The van der Waals surface area contributed by atoms with Crippen LogP contribution in [-0.4, -0.2) is 0 Å². The van der Waals surface area contributed by atoms with E-state index in [9.17, 15) is 0 Å². The maximum Gasteiger partial charge on any atom is 0.0540 e. The highest BCUT2D eigenvalue weighted by molar-refractivity contribution is 6.33. The van der Waals surface area contributed by atoms with E-state index in [-0.39, 0.29) is 0 Å². The zero-order valence-electron chi connectivity index (χ0n) is 54.6. The van der Waals surface area contributed by atoms with Crippen LogP contribution in [-0.2, 0) is 0 Å². The summed E-state index contributed by atoms with van der Waals surface area (Å²) in [5.41, 5.74) is 22.1. The van der Waals surface area contributed by atoms with Crippen LogP contribution in [0.4, 0.5) is 45.5 Å². The van der Waals surface area contributed by atoms with Gasteiger partial charge in [-0.1, -0.05) is 273 Å². The average molecular weight is 1260 g/mol. The highest BCUT2D eigenvalue weighted by Gasteiger charge is 2.27. The minimum Gasteiger partial charge on any atom is -0.314 e. The Labute approximate surface area is 577 Å². The van der Waals surface area contributed by atoms with Gasteiger partial charge in [-0.3, -0.25) is 0 Å². The predicted octanol–water partition coefficient (Wildman–Crippen LogP) is 27.1. The Bertz CT molecular complexity index is 5890. The maximum absolute atomic E-state index is 2.55. The smallest absolute Gasteiger partial charge is 0.0540 e. The van der Waals surface area contributed by atoms with Crippen LogP contribution in [0.2, 0.25) is 0 Å². The van der Waals surface area contributed by atoms with Crippen molar-refractivity contribution in [1.29, 1.82) is 0 Å². The highest BCUT2D eigenvalue weighted by atomic mass is 15.2. The molecule has 0 spiro atoms. The fraction of sp³-hybridized carbons (Fsp3) is 0.0208. The van der Waals surface area contributed by atoms with Gasteiger partial charge in [0.05, 0.1) is 11.4 Å². The standard InChI is InChI=1S/C96H67N3/c1-6-25-70(26-7-1)88-65-89(71-49-57-80(58-50-71)98(77-37-12-4-13-38-77)92-45-23-31-68-28-17-20-42-84(68)92)95-86-61-53-73(66-47-55-79(56-48-66)97(75-33-8-2-9-34-75)76-35-10-3-11-36-76)63-90(86)91-64-74(83-44-22-30-67-27-16-19-41-82(67)83)54-62-87(91)96(95)94(88)72-51-59-81(60-52-72)99(78-39-14-5-15-40-78)93-46-24-32-69-29-18-21-43-85(69)93/h1-49,51-57,59-65H,50,58H2. The van der Waals surface area contributed by atoms with E-state index in [4.69, 9.17) is 0 Å². The van der Waals surface area contributed by atoms with Gasteiger partial charge in [-0.25, -0.2) is 0 Å². The van der Waals surface area contributed by atoms with Crippen molar-refractivity contribution in [2.45, 2.75) is 12.8 Å². The number of allylic oxidation sites excluding steroid dienone is 4. The monoisotopic (exact) mass is 1260 g/mol. The second-order valence-electron chi connectivity index (χ2n) is 25.8. The number of benzene rings is 17. The third kappa shape index (κ3) is 10.7. The van der Waals surface area contributed by atoms with Gasteiger partial charge in [-0.2, -0.15) is 0 Å². The third-order valence-electron chi connectivity index (χ3n) is 20.1. The van der Waals surface area contributed by atoms with Gasteiger partial charge in [-0.05, 0) is 232 Å². The molecule has 99 heavy (non-hydrogen) atoms. The zero-order chi connectivity index (χ0) is 65.6. The molecule has 3 heteroatoms. The number of rotatable bonds is 14. The Morgan fingerprint density at radius 2 is 0.616 bits per heavy atom. The van der Waals surface area contributed by atoms with Crippen LogP contribution in [0.5, 0.6) is 0 Å². The zero-order valence-corrected chi connectivity index (χ0v) is 54.6. The summed E-state index contributed by atoms with van der Waals surface area (Å²) in [7, 11) is 0. The summed E-state index contributed by atoms with van der Waals surface area (Å²) in [4.78, 5) is 7.23. The van der Waals surface area contributed by atoms with Crippen molar-refractivity contribution in [2.24, 2.45) is 0 Å². The molecule has 0 saturated heterocycles. The first-order valence-corrected chi connectivity index (χ1v) is 34.3. The molecule has 17 aromatic carbocycles. The van der Waals surface area contributed by atoms with E-state index in [1.165, 1.54) is 109 Å². The number of hydrogen-bond donors (Lipinski definition) is 0. The lowest BCUT2D eigenvalue weighted by molar-refractivity contribution is 0.933. The Morgan fingerprint density at radius 3 is 1.18 bits per heavy atom. The lowest BCUT2D eigenvalue weighted by Gasteiger charge is -2.31. The number of hydrogen-bond acceptors (Lipinski definition) is 3. The van der Waals surface area contributed by atoms with Crippen LogP contribution >= 0.6 is 0 Å². The lowest BCUT2D eigenvalue weighted by Crippen LogP contribution is -2.18. The topological polar surface area (TPSA) is 9.72 Å². The van der Waals surface area contributed by atoms with Gasteiger partial charge in [-0.15, -0.1) is 0 Å². The van der Waals surface area contributed by atoms with E-state index in [2.05, 4.69) is 397 Å². The molecule has 0 aromatic heterocycles. The van der Waals surface area contributed by atoms with Crippen LogP contribution in [0.1, 0.15) is 18.4 Å². The van der Waals surface area contributed by atoms with Gasteiger partial charge in [0, 0.05) is 50.6 Å². The fourth-order valence-electron chi connectivity index (χ4n) is 15.5. The van der Waals surface area contributed by atoms with Crippen LogP contribution in [0.3, 0.4) is 0 Å². The summed E-state index contributed by atoms with van der Waals surface area (Å²) in [6, 6.07) is 136. The first-order valence-electron chi connectivity index (χ1n) is 34.3. The molecule has 0 fully saturated rings. The van der Waals surface area contributed by atoms with Crippen LogP contribution < -0.4 is 14.7 Å². The molecule has 0 bridgehead atoms. The molecule has 0 N–H and O–H groups in total. The Balaban J connectivity index is 0.902. The minimum absolute atomic E-state index is 0.827. The Morgan fingerprint density at radius 1 is 0.202 bits per heavy atom. The van der Waals surface area contributed by atoms with E-state index in [1.807, 2.05) is 0 Å². The van der Waals surface area contributed by atoms with Crippen LogP contribution in [0.25, 0.3) is 115 Å². The number of anilines is 8. The van der Waals surface area contributed by atoms with Crippen molar-refractivity contribution in [3.8, 4) is 44.5 Å². The van der Waals surface area contributed by atoms with Crippen molar-refractivity contribution >= 4 is 116 Å². The summed E-state index contributed by atoms with van der Waals surface area (Å²) in [5.74, 6) is 0. The van der Waals surface area contributed by atoms with Crippen molar-refractivity contribution in [3.63, 3.8) is 0 Å². The Kier molecular flexibility index (Phi) is 15.1. The van der Waals surface area contributed by atoms with Crippen molar-refractivity contribution < 1.29 is 0 Å². The van der Waals surface area contributed by atoms with E-state index < -0.39 is 0 Å². The Hall–Kier alpha value is -12.8. The van der Waals surface area contributed by atoms with Gasteiger partial charge in [0.15, 0.2) is 0 Å². The molecule has 1 aliphatic rings. The summed E-state index contributed by atoms with van der Waals surface area (Å²) < 4.78 is 0. The minimum atomic E-state index is 0.827. The maximum atomic E-state index is 2.55. The molecule has 3 nitrogen and oxygen atoms in total. The van der Waals surface area contributed by atoms with Crippen molar-refractivity contribution in [2.75, 3.05) is 14.7 Å². The predicted molar refractivity (Wildman–Crippen MR) is 423 cm³/mol. The summed E-state index contributed by atoms with van der Waals surface area (Å²) >= 11 is 0. The molecule has 17 aromatic rings. The summed E-state index contributed by atoms with van der Waals surface area (Å²) in [5, 5.41) is 14.6. The van der Waals surface area contributed by atoms with Crippen molar-refractivity contribution in [3.05, 3.63) is 393 Å². The van der Waals surface area contributed by atoms with Gasteiger partial charge in [0.1, 0.15) is 0 Å². The van der Waals surface area contributed by atoms with E-state index in [0.29, 0.717) is 0 Å². The number of fused-ring (bicyclic) bond motifs is 9.